The maximum absolute atomic E-state index is 6.20. The van der Waals surface area contributed by atoms with Gasteiger partial charge >= 0.3 is 0 Å². The smallest absolute Gasteiger partial charge is 0.147 e. The summed E-state index contributed by atoms with van der Waals surface area (Å²) in [5, 5.41) is 8.09. The van der Waals surface area contributed by atoms with Crippen molar-refractivity contribution in [3.63, 3.8) is 0 Å². The van der Waals surface area contributed by atoms with Crippen molar-refractivity contribution in [2.45, 2.75) is 59.3 Å². The van der Waals surface area contributed by atoms with Crippen LogP contribution in [0.15, 0.2) is 0 Å². The molecule has 4 nitrogen and oxygen atoms in total. The zero-order valence-electron chi connectivity index (χ0n) is 13.5. The van der Waals surface area contributed by atoms with Gasteiger partial charge in [-0.3, -0.25) is 4.68 Å². The summed E-state index contributed by atoms with van der Waals surface area (Å²) in [6.07, 6.45) is 7.62. The van der Waals surface area contributed by atoms with Crippen LogP contribution in [-0.2, 0) is 13.5 Å². The molecule has 4 heteroatoms. The van der Waals surface area contributed by atoms with Gasteiger partial charge in [-0.15, -0.1) is 0 Å². The second-order valence-electron chi connectivity index (χ2n) is 6.84. The highest BCUT2D eigenvalue weighted by atomic mass is 15.3. The van der Waals surface area contributed by atoms with E-state index in [-0.39, 0.29) is 0 Å². The quantitative estimate of drug-likeness (QED) is 0.836. The van der Waals surface area contributed by atoms with Gasteiger partial charge in [0, 0.05) is 13.6 Å². The molecule has 0 spiro atoms. The third kappa shape index (κ3) is 3.10. The van der Waals surface area contributed by atoms with Crippen molar-refractivity contribution >= 4 is 11.5 Å². The maximum atomic E-state index is 6.20. The Labute approximate surface area is 123 Å². The lowest BCUT2D eigenvalue weighted by atomic mass is 9.78. The molecule has 1 heterocycles. The number of nitrogen functional groups attached to an aromatic ring is 1. The number of anilines is 2. The topological polar surface area (TPSA) is 55.9 Å². The molecule has 1 saturated carbocycles. The van der Waals surface area contributed by atoms with Gasteiger partial charge in [-0.1, -0.05) is 33.6 Å². The van der Waals surface area contributed by atoms with Crippen molar-refractivity contribution in [2.75, 3.05) is 17.6 Å². The van der Waals surface area contributed by atoms with E-state index in [9.17, 15) is 0 Å². The minimum absolute atomic E-state index is 0.456. The first kappa shape index (κ1) is 15.2. The lowest BCUT2D eigenvalue weighted by Crippen LogP contribution is -2.29. The van der Waals surface area contributed by atoms with Crippen LogP contribution in [0.2, 0.25) is 0 Å². The highest BCUT2D eigenvalue weighted by molar-refractivity contribution is 5.65. The molecule has 0 aliphatic heterocycles. The number of aromatic nitrogens is 2. The molecule has 1 aromatic heterocycles. The second-order valence-corrected chi connectivity index (χ2v) is 6.84. The summed E-state index contributed by atoms with van der Waals surface area (Å²) in [6, 6.07) is 0. The van der Waals surface area contributed by atoms with Crippen molar-refractivity contribution < 1.29 is 0 Å². The van der Waals surface area contributed by atoms with Gasteiger partial charge in [-0.05, 0) is 37.0 Å². The molecule has 0 bridgehead atoms. The third-order valence-corrected chi connectivity index (χ3v) is 4.63. The molecular weight excluding hydrogens is 248 g/mol. The molecule has 2 rings (SSSR count). The average Bonchev–Trinajstić information content (AvgIpc) is 2.93. The summed E-state index contributed by atoms with van der Waals surface area (Å²) in [5.74, 6) is 1.75. The van der Waals surface area contributed by atoms with E-state index in [0.29, 0.717) is 5.41 Å². The molecular formula is C16H30N4. The Balaban J connectivity index is 2.08. The van der Waals surface area contributed by atoms with Crippen LogP contribution in [0, 0.1) is 11.3 Å². The molecule has 1 fully saturated rings. The van der Waals surface area contributed by atoms with Crippen LogP contribution < -0.4 is 11.1 Å². The van der Waals surface area contributed by atoms with Crippen LogP contribution in [-0.4, -0.2) is 16.3 Å². The zero-order valence-corrected chi connectivity index (χ0v) is 13.5. The molecule has 1 aliphatic carbocycles. The first-order valence-electron chi connectivity index (χ1n) is 8.02. The predicted molar refractivity (Wildman–Crippen MR) is 85.8 cm³/mol. The SMILES string of the molecule is CCc1nn(C)c(NCC2(CC(C)C)CCCC2)c1N. The van der Waals surface area contributed by atoms with E-state index in [1.165, 1.54) is 32.1 Å². The Morgan fingerprint density at radius 1 is 1.35 bits per heavy atom. The molecule has 0 atom stereocenters. The van der Waals surface area contributed by atoms with Crippen molar-refractivity contribution in [1.29, 1.82) is 0 Å². The summed E-state index contributed by atoms with van der Waals surface area (Å²) in [7, 11) is 1.97. The van der Waals surface area contributed by atoms with Crippen LogP contribution in [0.4, 0.5) is 11.5 Å². The van der Waals surface area contributed by atoms with E-state index < -0.39 is 0 Å². The minimum atomic E-state index is 0.456. The van der Waals surface area contributed by atoms with Gasteiger partial charge < -0.3 is 11.1 Å². The summed E-state index contributed by atoms with van der Waals surface area (Å²) in [4.78, 5) is 0. The monoisotopic (exact) mass is 278 g/mol. The van der Waals surface area contributed by atoms with E-state index in [2.05, 4.69) is 31.2 Å². The number of nitrogens with zero attached hydrogens (tertiary/aromatic N) is 2. The molecule has 0 aromatic carbocycles. The summed E-state index contributed by atoms with van der Waals surface area (Å²) in [5.41, 5.74) is 8.48. The van der Waals surface area contributed by atoms with Gasteiger partial charge in [0.2, 0.25) is 0 Å². The Bertz CT molecular complexity index is 442. The molecule has 1 aliphatic rings. The summed E-state index contributed by atoms with van der Waals surface area (Å²) < 4.78 is 1.90. The summed E-state index contributed by atoms with van der Waals surface area (Å²) >= 11 is 0. The zero-order chi connectivity index (χ0) is 14.8. The van der Waals surface area contributed by atoms with Gasteiger partial charge in [0.1, 0.15) is 5.82 Å². The fraction of sp³-hybridized carbons (Fsp3) is 0.812. The van der Waals surface area contributed by atoms with Crippen LogP contribution in [0.3, 0.4) is 0 Å². The van der Waals surface area contributed by atoms with E-state index >= 15 is 0 Å². The summed E-state index contributed by atoms with van der Waals surface area (Å²) in [6.45, 7) is 7.78. The molecule has 0 unspecified atom stereocenters. The lowest BCUT2D eigenvalue weighted by Gasteiger charge is -2.31. The Morgan fingerprint density at radius 3 is 2.50 bits per heavy atom. The van der Waals surface area contributed by atoms with E-state index in [0.717, 1.165) is 36.1 Å². The lowest BCUT2D eigenvalue weighted by molar-refractivity contribution is 0.252. The second kappa shape index (κ2) is 6.06. The van der Waals surface area contributed by atoms with Crippen molar-refractivity contribution in [3.8, 4) is 0 Å². The fourth-order valence-corrected chi connectivity index (χ4v) is 3.78. The minimum Gasteiger partial charge on any atom is -0.394 e. The number of nitrogens with one attached hydrogen (secondary N) is 1. The van der Waals surface area contributed by atoms with Gasteiger partial charge in [0.15, 0.2) is 0 Å². The van der Waals surface area contributed by atoms with Crippen LogP contribution in [0.5, 0.6) is 0 Å². The molecule has 20 heavy (non-hydrogen) atoms. The Hall–Kier alpha value is -1.19. The number of hydrogen-bond donors (Lipinski definition) is 2. The number of rotatable bonds is 6. The highest BCUT2D eigenvalue weighted by Crippen LogP contribution is 2.43. The van der Waals surface area contributed by atoms with E-state index in [1.54, 1.807) is 0 Å². The van der Waals surface area contributed by atoms with Crippen LogP contribution in [0.1, 0.15) is 58.6 Å². The maximum Gasteiger partial charge on any atom is 0.147 e. The number of aryl methyl sites for hydroxylation is 2. The Morgan fingerprint density at radius 2 is 2.00 bits per heavy atom. The van der Waals surface area contributed by atoms with Gasteiger partial charge in [-0.2, -0.15) is 5.10 Å². The largest absolute Gasteiger partial charge is 0.394 e. The molecule has 0 radical (unpaired) electrons. The standard InChI is InChI=1S/C16H30N4/c1-5-13-14(17)15(20(4)19-13)18-11-16(10-12(2)3)8-6-7-9-16/h12,18H,5-11,17H2,1-4H3. The van der Waals surface area contributed by atoms with E-state index in [4.69, 9.17) is 5.73 Å². The van der Waals surface area contributed by atoms with Crippen molar-refractivity contribution in [2.24, 2.45) is 18.4 Å². The fourth-order valence-electron chi connectivity index (χ4n) is 3.78. The van der Waals surface area contributed by atoms with E-state index in [1.807, 2.05) is 11.7 Å². The normalized spacial score (nSPS) is 17.9. The predicted octanol–water partition coefficient (Wildman–Crippen LogP) is 3.58. The number of hydrogen-bond acceptors (Lipinski definition) is 3. The van der Waals surface area contributed by atoms with Crippen LogP contribution in [0.25, 0.3) is 0 Å². The number of nitrogens with two attached hydrogens (primary N) is 1. The first-order chi connectivity index (χ1) is 9.47. The van der Waals surface area contributed by atoms with Crippen LogP contribution >= 0.6 is 0 Å². The van der Waals surface area contributed by atoms with Crippen molar-refractivity contribution in [1.82, 2.24) is 9.78 Å². The molecule has 114 valence electrons. The highest BCUT2D eigenvalue weighted by Gasteiger charge is 2.34. The Kier molecular flexibility index (Phi) is 4.61. The molecule has 0 amide bonds. The first-order valence-corrected chi connectivity index (χ1v) is 8.02. The third-order valence-electron chi connectivity index (χ3n) is 4.63. The molecule has 0 saturated heterocycles. The van der Waals surface area contributed by atoms with Gasteiger partial charge in [-0.25, -0.2) is 0 Å². The average molecular weight is 278 g/mol. The van der Waals surface area contributed by atoms with Gasteiger partial charge in [0.25, 0.3) is 0 Å². The molecule has 3 N–H and O–H groups in total. The van der Waals surface area contributed by atoms with Crippen molar-refractivity contribution in [3.05, 3.63) is 5.69 Å². The molecule has 1 aromatic rings. The van der Waals surface area contributed by atoms with Gasteiger partial charge in [0.05, 0.1) is 11.4 Å².